The van der Waals surface area contributed by atoms with Gasteiger partial charge in [-0.1, -0.05) is 24.3 Å². The summed E-state index contributed by atoms with van der Waals surface area (Å²) < 4.78 is 0.393. The van der Waals surface area contributed by atoms with E-state index in [1.165, 1.54) is 12.3 Å². The molecule has 1 heterocycles. The van der Waals surface area contributed by atoms with Crippen LogP contribution >= 0.6 is 0 Å². The molecule has 3 rings (SSSR count). The van der Waals surface area contributed by atoms with E-state index in [4.69, 9.17) is 0 Å². The highest BCUT2D eigenvalue weighted by molar-refractivity contribution is 5.83. The number of nitrogens with one attached hydrogen (secondary N) is 1. The average Bonchev–Trinajstić information content (AvgIpc) is 2.54. The van der Waals surface area contributed by atoms with Gasteiger partial charge in [0.2, 0.25) is 0 Å². The predicted molar refractivity (Wildman–Crippen MR) is 82.5 cm³/mol. The van der Waals surface area contributed by atoms with E-state index >= 15 is 0 Å². The summed E-state index contributed by atoms with van der Waals surface area (Å²) in [4.78, 5) is 16.1. The zero-order chi connectivity index (χ0) is 15.5. The summed E-state index contributed by atoms with van der Waals surface area (Å²) in [6, 6.07) is 13.3. The second-order valence-corrected chi connectivity index (χ2v) is 4.50. The maximum atomic E-state index is 12.0. The van der Waals surface area contributed by atoms with Crippen molar-refractivity contribution in [1.82, 2.24) is 9.71 Å². The molecule has 2 aromatic carbocycles. The lowest BCUT2D eigenvalue weighted by Gasteiger charge is -2.06. The van der Waals surface area contributed by atoms with E-state index in [1.54, 1.807) is 42.5 Å². The third-order valence-corrected chi connectivity index (χ3v) is 3.06. The molecule has 0 bridgehead atoms. The van der Waals surface area contributed by atoms with Gasteiger partial charge in [-0.15, -0.1) is 4.73 Å². The molecule has 7 nitrogen and oxygen atoms in total. The molecule has 1 aromatic heterocycles. The summed E-state index contributed by atoms with van der Waals surface area (Å²) in [5, 5.41) is 23.6. The quantitative estimate of drug-likeness (QED) is 0.389. The van der Waals surface area contributed by atoms with Crippen LogP contribution in [0.25, 0.3) is 10.9 Å². The van der Waals surface area contributed by atoms with Crippen molar-refractivity contribution >= 4 is 23.1 Å². The van der Waals surface area contributed by atoms with Crippen LogP contribution in [0.3, 0.4) is 0 Å². The zero-order valence-corrected chi connectivity index (χ0v) is 11.3. The van der Waals surface area contributed by atoms with Gasteiger partial charge in [-0.25, -0.2) is 10.4 Å². The van der Waals surface area contributed by atoms with Crippen LogP contribution in [0.5, 0.6) is 5.75 Å². The second-order valence-electron chi connectivity index (χ2n) is 4.50. The Morgan fingerprint density at radius 3 is 2.68 bits per heavy atom. The first kappa shape index (κ1) is 13.6. The fraction of sp³-hybridized carbons (Fsp3) is 0. The van der Waals surface area contributed by atoms with Gasteiger partial charge in [0, 0.05) is 5.56 Å². The van der Waals surface area contributed by atoms with Crippen LogP contribution < -0.4 is 11.0 Å². The summed E-state index contributed by atoms with van der Waals surface area (Å²) in [5.74, 6) is -0.0451. The third kappa shape index (κ3) is 2.47. The molecule has 0 saturated carbocycles. The molecular formula is C15H12N4O3. The molecule has 3 aromatic rings. The number of phenols is 1. The number of anilines is 1. The van der Waals surface area contributed by atoms with Gasteiger partial charge >= 0.3 is 0 Å². The van der Waals surface area contributed by atoms with E-state index in [1.807, 2.05) is 0 Å². The Morgan fingerprint density at radius 2 is 1.86 bits per heavy atom. The van der Waals surface area contributed by atoms with E-state index in [0.717, 1.165) is 0 Å². The van der Waals surface area contributed by atoms with Crippen LogP contribution in [-0.2, 0) is 0 Å². The van der Waals surface area contributed by atoms with Crippen molar-refractivity contribution in [3.05, 3.63) is 64.4 Å². The molecule has 0 unspecified atom stereocenters. The number of para-hydroxylation sites is 2. The van der Waals surface area contributed by atoms with Crippen LogP contribution in [0, 0.1) is 0 Å². The minimum Gasteiger partial charge on any atom is -0.507 e. The summed E-state index contributed by atoms with van der Waals surface area (Å²) in [6.07, 6.45) is 1.36. The van der Waals surface area contributed by atoms with Gasteiger partial charge in [0.25, 0.3) is 11.5 Å². The lowest BCUT2D eigenvalue weighted by atomic mass is 10.2. The SMILES string of the molecule is O=c1c2ccccc2nc(N/N=C\c2ccccc2O)n1O. The Hall–Kier alpha value is -3.35. The second kappa shape index (κ2) is 5.57. The first-order chi connectivity index (χ1) is 10.7. The first-order valence-corrected chi connectivity index (χ1v) is 6.45. The van der Waals surface area contributed by atoms with Crippen LogP contribution in [0.1, 0.15) is 5.56 Å². The fourth-order valence-corrected chi connectivity index (χ4v) is 1.95. The molecule has 0 spiro atoms. The third-order valence-electron chi connectivity index (χ3n) is 3.06. The van der Waals surface area contributed by atoms with Crippen molar-refractivity contribution in [2.45, 2.75) is 0 Å². The zero-order valence-electron chi connectivity index (χ0n) is 11.3. The average molecular weight is 296 g/mol. The van der Waals surface area contributed by atoms with Crippen molar-refractivity contribution < 1.29 is 10.3 Å². The molecule has 0 aliphatic heterocycles. The van der Waals surface area contributed by atoms with Crippen molar-refractivity contribution in [2.75, 3.05) is 5.43 Å². The molecule has 110 valence electrons. The van der Waals surface area contributed by atoms with Gasteiger partial charge in [-0.3, -0.25) is 4.79 Å². The number of rotatable bonds is 3. The van der Waals surface area contributed by atoms with Crippen molar-refractivity contribution in [3.8, 4) is 5.75 Å². The van der Waals surface area contributed by atoms with Crippen LogP contribution in [0.4, 0.5) is 5.95 Å². The Balaban J connectivity index is 1.93. The van der Waals surface area contributed by atoms with Gasteiger partial charge in [0.05, 0.1) is 17.1 Å². The minimum absolute atomic E-state index is 0.0703. The van der Waals surface area contributed by atoms with Crippen LogP contribution in [0.15, 0.2) is 58.4 Å². The summed E-state index contributed by atoms with van der Waals surface area (Å²) in [5.41, 5.74) is 2.82. The first-order valence-electron chi connectivity index (χ1n) is 6.45. The number of hydrogen-bond acceptors (Lipinski definition) is 6. The van der Waals surface area contributed by atoms with Crippen LogP contribution in [-0.4, -0.2) is 26.2 Å². The number of fused-ring (bicyclic) bond motifs is 1. The van der Waals surface area contributed by atoms with Crippen molar-refractivity contribution in [1.29, 1.82) is 0 Å². The summed E-state index contributed by atoms with van der Waals surface area (Å²) in [7, 11) is 0. The molecule has 0 aliphatic carbocycles. The summed E-state index contributed by atoms with van der Waals surface area (Å²) in [6.45, 7) is 0. The van der Waals surface area contributed by atoms with Crippen molar-refractivity contribution in [2.24, 2.45) is 5.10 Å². The number of aromatic hydroxyl groups is 1. The number of aromatic nitrogens is 2. The Bertz CT molecular complexity index is 918. The molecule has 0 atom stereocenters. The molecule has 0 amide bonds. The van der Waals surface area contributed by atoms with Gasteiger partial charge in [-0.2, -0.15) is 5.10 Å². The Labute approximate surface area is 124 Å². The standard InChI is InChI=1S/C15H12N4O3/c20-13-8-4-1-5-10(13)9-16-18-15-17-12-7-3-2-6-11(12)14(21)19(15)22/h1-9,20,22H,(H,17,18)/b16-9-. The molecule has 7 heteroatoms. The maximum Gasteiger partial charge on any atom is 0.295 e. The van der Waals surface area contributed by atoms with Crippen LogP contribution in [0.2, 0.25) is 0 Å². The molecule has 0 aliphatic rings. The maximum absolute atomic E-state index is 12.0. The van der Waals surface area contributed by atoms with E-state index in [-0.39, 0.29) is 11.7 Å². The number of nitrogens with zero attached hydrogens (tertiary/aromatic N) is 3. The van der Waals surface area contributed by atoms with E-state index < -0.39 is 5.56 Å². The largest absolute Gasteiger partial charge is 0.507 e. The fourth-order valence-electron chi connectivity index (χ4n) is 1.95. The Kier molecular flexibility index (Phi) is 3.45. The van der Waals surface area contributed by atoms with Crippen molar-refractivity contribution in [3.63, 3.8) is 0 Å². The molecule has 3 N–H and O–H groups in total. The molecular weight excluding hydrogens is 284 g/mol. The van der Waals surface area contributed by atoms with Gasteiger partial charge in [0.15, 0.2) is 0 Å². The number of hydrogen-bond donors (Lipinski definition) is 3. The van der Waals surface area contributed by atoms with E-state index in [0.29, 0.717) is 21.2 Å². The van der Waals surface area contributed by atoms with E-state index in [9.17, 15) is 15.1 Å². The highest BCUT2D eigenvalue weighted by atomic mass is 16.5. The predicted octanol–water partition coefficient (Wildman–Crippen LogP) is 1.79. The smallest absolute Gasteiger partial charge is 0.295 e. The monoisotopic (exact) mass is 296 g/mol. The highest BCUT2D eigenvalue weighted by Gasteiger charge is 2.08. The molecule has 0 fully saturated rings. The van der Waals surface area contributed by atoms with Gasteiger partial charge in [0.1, 0.15) is 5.75 Å². The molecule has 0 saturated heterocycles. The Morgan fingerprint density at radius 1 is 1.14 bits per heavy atom. The lowest BCUT2D eigenvalue weighted by Crippen LogP contribution is -2.22. The summed E-state index contributed by atoms with van der Waals surface area (Å²) >= 11 is 0. The van der Waals surface area contributed by atoms with Gasteiger partial charge in [-0.05, 0) is 24.3 Å². The lowest BCUT2D eigenvalue weighted by molar-refractivity contribution is 0.179. The number of benzene rings is 2. The highest BCUT2D eigenvalue weighted by Crippen LogP contribution is 2.13. The minimum atomic E-state index is -0.592. The topological polar surface area (TPSA) is 99.7 Å². The number of hydrazone groups is 1. The normalized spacial score (nSPS) is 11.1. The number of phenolic OH excluding ortho intramolecular Hbond substituents is 1. The molecule has 0 radical (unpaired) electrons. The van der Waals surface area contributed by atoms with E-state index in [2.05, 4.69) is 15.5 Å². The van der Waals surface area contributed by atoms with Gasteiger partial charge < -0.3 is 10.3 Å². The molecule has 22 heavy (non-hydrogen) atoms.